The first kappa shape index (κ1) is 19.8. The van der Waals surface area contributed by atoms with Crippen molar-refractivity contribution in [2.24, 2.45) is 0 Å². The van der Waals surface area contributed by atoms with Crippen LogP contribution in [0.15, 0.2) is 78.9 Å². The van der Waals surface area contributed by atoms with Gasteiger partial charge in [-0.25, -0.2) is 4.98 Å². The minimum Gasteiger partial charge on any atom is -0.321 e. The minimum atomic E-state index is -0.379. The molecule has 0 radical (unpaired) electrons. The van der Waals surface area contributed by atoms with Crippen LogP contribution >= 0.6 is 11.3 Å². The van der Waals surface area contributed by atoms with Crippen molar-refractivity contribution in [2.45, 2.75) is 0 Å². The van der Waals surface area contributed by atoms with E-state index in [4.69, 9.17) is 4.98 Å². The Morgan fingerprint density at radius 3 is 2.16 bits per heavy atom. The summed E-state index contributed by atoms with van der Waals surface area (Å²) in [5, 5.41) is 3.60. The summed E-state index contributed by atoms with van der Waals surface area (Å²) in [4.78, 5) is 44.0. The van der Waals surface area contributed by atoms with E-state index in [0.717, 1.165) is 21.0 Å². The van der Waals surface area contributed by atoms with Gasteiger partial charge in [0.2, 0.25) is 0 Å². The highest BCUT2D eigenvalue weighted by Gasteiger charge is 2.33. The molecule has 0 unspecified atom stereocenters. The zero-order chi connectivity index (χ0) is 22.2. The fourth-order valence-corrected chi connectivity index (χ4v) is 4.58. The highest BCUT2D eigenvalue weighted by molar-refractivity contribution is 7.17. The molecule has 1 N–H and O–H groups in total. The minimum absolute atomic E-state index is 0.285. The van der Waals surface area contributed by atoms with Crippen LogP contribution in [-0.2, 0) is 0 Å². The molecule has 3 aromatic carbocycles. The molecule has 32 heavy (non-hydrogen) atoms. The number of carbonyl (C=O) groups is 3. The zero-order valence-electron chi connectivity index (χ0n) is 17.0. The number of carbonyl (C=O) groups excluding carboxylic acids is 3. The predicted molar refractivity (Wildman–Crippen MR) is 124 cm³/mol. The Morgan fingerprint density at radius 2 is 1.47 bits per heavy atom. The van der Waals surface area contributed by atoms with Crippen LogP contribution in [0.2, 0.25) is 0 Å². The van der Waals surface area contributed by atoms with Gasteiger partial charge in [-0.15, -0.1) is 11.3 Å². The molecule has 0 aliphatic carbocycles. The molecule has 0 bridgehead atoms. The highest BCUT2D eigenvalue weighted by Crippen LogP contribution is 2.34. The van der Waals surface area contributed by atoms with Crippen molar-refractivity contribution >= 4 is 34.7 Å². The monoisotopic (exact) mass is 439 g/mol. The van der Waals surface area contributed by atoms with Gasteiger partial charge in [-0.1, -0.05) is 60.7 Å². The molecule has 1 aromatic heterocycles. The number of nitrogens with one attached hydrogen (secondary N) is 1. The van der Waals surface area contributed by atoms with Crippen LogP contribution in [0.25, 0.3) is 21.8 Å². The number of aromatic nitrogens is 1. The number of fused-ring (bicyclic) bond motifs is 1. The molecule has 0 atom stereocenters. The molecule has 1 aliphatic heterocycles. The van der Waals surface area contributed by atoms with Crippen LogP contribution in [0.4, 0.5) is 5.69 Å². The number of imide groups is 1. The summed E-state index contributed by atoms with van der Waals surface area (Å²) in [6, 6.07) is 24.0. The molecule has 0 fully saturated rings. The van der Waals surface area contributed by atoms with Crippen LogP contribution in [-0.4, -0.2) is 34.7 Å². The number of hydrogen-bond donors (Lipinski definition) is 1. The topological polar surface area (TPSA) is 79.4 Å². The van der Waals surface area contributed by atoms with Gasteiger partial charge in [0.25, 0.3) is 17.7 Å². The molecule has 0 spiro atoms. The maximum atomic E-state index is 13.3. The molecular formula is C25H17N3O3S. The van der Waals surface area contributed by atoms with E-state index in [1.54, 1.807) is 12.1 Å². The number of anilines is 1. The summed E-state index contributed by atoms with van der Waals surface area (Å²) < 4.78 is 0. The maximum absolute atomic E-state index is 13.3. The molecule has 5 rings (SSSR count). The lowest BCUT2D eigenvalue weighted by molar-refractivity contribution is 0.0692. The average molecular weight is 439 g/mol. The fourth-order valence-electron chi connectivity index (χ4n) is 3.60. The summed E-state index contributed by atoms with van der Waals surface area (Å²) in [5.41, 5.74) is 3.43. The van der Waals surface area contributed by atoms with Crippen molar-refractivity contribution in [2.75, 3.05) is 12.4 Å². The number of amides is 3. The summed E-state index contributed by atoms with van der Waals surface area (Å²) in [6.45, 7) is 0. The molecule has 156 valence electrons. The van der Waals surface area contributed by atoms with Crippen LogP contribution in [0.1, 0.15) is 30.4 Å². The predicted octanol–water partition coefficient (Wildman–Crippen LogP) is 4.96. The standard InChI is InChI=1S/C25H17N3O3S/c1-28-24(30)18-13-12-17(14-19(18)25(28)31)26-22(29)21-20(15-8-4-2-5-9-15)27-23(32-21)16-10-6-3-7-11-16/h2-14H,1H3,(H,26,29). The molecule has 0 saturated carbocycles. The fraction of sp³-hybridized carbons (Fsp3) is 0.0400. The van der Waals surface area contributed by atoms with E-state index in [1.165, 1.54) is 24.5 Å². The Hall–Kier alpha value is -4.10. The third-order valence-electron chi connectivity index (χ3n) is 5.25. The zero-order valence-corrected chi connectivity index (χ0v) is 17.8. The van der Waals surface area contributed by atoms with Gasteiger partial charge in [0, 0.05) is 23.9 Å². The second-order valence-corrected chi connectivity index (χ2v) is 8.31. The summed E-state index contributed by atoms with van der Waals surface area (Å²) in [6.07, 6.45) is 0. The molecule has 0 saturated heterocycles. The Labute approximate surface area is 188 Å². The molecule has 7 heteroatoms. The van der Waals surface area contributed by atoms with Crippen molar-refractivity contribution in [1.82, 2.24) is 9.88 Å². The van der Waals surface area contributed by atoms with Gasteiger partial charge in [-0.2, -0.15) is 0 Å². The third-order valence-corrected chi connectivity index (χ3v) is 6.35. The first-order valence-corrected chi connectivity index (χ1v) is 10.7. The van der Waals surface area contributed by atoms with Gasteiger partial charge in [0.15, 0.2) is 0 Å². The summed E-state index contributed by atoms with van der Waals surface area (Å²) in [5.74, 6) is -1.05. The van der Waals surface area contributed by atoms with Gasteiger partial charge < -0.3 is 5.32 Å². The van der Waals surface area contributed by atoms with Crippen molar-refractivity contribution in [3.8, 4) is 21.8 Å². The lowest BCUT2D eigenvalue weighted by Gasteiger charge is -2.06. The highest BCUT2D eigenvalue weighted by atomic mass is 32.1. The van der Waals surface area contributed by atoms with E-state index < -0.39 is 0 Å². The van der Waals surface area contributed by atoms with Gasteiger partial charge >= 0.3 is 0 Å². The number of hydrogen-bond acceptors (Lipinski definition) is 5. The second-order valence-electron chi connectivity index (χ2n) is 7.31. The van der Waals surface area contributed by atoms with Gasteiger partial charge in [0.1, 0.15) is 9.88 Å². The van der Waals surface area contributed by atoms with Crippen molar-refractivity contribution in [3.05, 3.63) is 94.9 Å². The molecule has 2 heterocycles. The lowest BCUT2D eigenvalue weighted by atomic mass is 10.1. The van der Waals surface area contributed by atoms with E-state index in [-0.39, 0.29) is 23.3 Å². The lowest BCUT2D eigenvalue weighted by Crippen LogP contribution is -2.24. The molecular weight excluding hydrogens is 422 g/mol. The van der Waals surface area contributed by atoms with E-state index in [1.807, 2.05) is 60.7 Å². The van der Waals surface area contributed by atoms with Gasteiger partial charge in [0.05, 0.1) is 16.8 Å². The van der Waals surface area contributed by atoms with E-state index in [2.05, 4.69) is 5.32 Å². The van der Waals surface area contributed by atoms with Crippen LogP contribution in [0.3, 0.4) is 0 Å². The second kappa shape index (κ2) is 7.86. The Bertz CT molecular complexity index is 1360. The van der Waals surface area contributed by atoms with Crippen molar-refractivity contribution in [1.29, 1.82) is 0 Å². The van der Waals surface area contributed by atoms with Gasteiger partial charge in [-0.05, 0) is 18.2 Å². The number of thiazole rings is 1. The maximum Gasteiger partial charge on any atom is 0.268 e. The largest absolute Gasteiger partial charge is 0.321 e. The third kappa shape index (κ3) is 3.38. The van der Waals surface area contributed by atoms with Crippen LogP contribution in [0, 0.1) is 0 Å². The van der Waals surface area contributed by atoms with E-state index in [0.29, 0.717) is 21.8 Å². The Kier molecular flexibility index (Phi) is 4.88. The molecule has 4 aromatic rings. The normalized spacial score (nSPS) is 12.7. The van der Waals surface area contributed by atoms with Crippen LogP contribution in [0.5, 0.6) is 0 Å². The molecule has 6 nitrogen and oxygen atoms in total. The first-order valence-electron chi connectivity index (χ1n) is 9.92. The number of nitrogens with zero attached hydrogens (tertiary/aromatic N) is 2. The number of rotatable bonds is 4. The van der Waals surface area contributed by atoms with E-state index in [9.17, 15) is 14.4 Å². The summed E-state index contributed by atoms with van der Waals surface area (Å²) >= 11 is 1.31. The van der Waals surface area contributed by atoms with Crippen molar-refractivity contribution < 1.29 is 14.4 Å². The Balaban J connectivity index is 1.52. The van der Waals surface area contributed by atoms with E-state index >= 15 is 0 Å². The van der Waals surface area contributed by atoms with Gasteiger partial charge in [-0.3, -0.25) is 19.3 Å². The summed E-state index contributed by atoms with van der Waals surface area (Å²) in [7, 11) is 1.44. The average Bonchev–Trinajstić information content (AvgIpc) is 3.37. The molecule has 3 amide bonds. The quantitative estimate of drug-likeness (QED) is 0.456. The molecule has 1 aliphatic rings. The van der Waals surface area contributed by atoms with Crippen molar-refractivity contribution in [3.63, 3.8) is 0 Å². The SMILES string of the molecule is CN1C(=O)c2ccc(NC(=O)c3sc(-c4ccccc4)nc3-c3ccccc3)cc2C1=O. The smallest absolute Gasteiger partial charge is 0.268 e. The van der Waals surface area contributed by atoms with Crippen LogP contribution < -0.4 is 5.32 Å². The first-order chi connectivity index (χ1) is 15.5. The number of benzene rings is 3. The Morgan fingerprint density at radius 1 is 0.844 bits per heavy atom.